The average Bonchev–Trinajstić information content (AvgIpc) is 3.08. The van der Waals surface area contributed by atoms with E-state index in [1.54, 1.807) is 6.92 Å². The largest absolute Gasteiger partial charge is 0.517 e. The minimum atomic E-state index is -3.34. The van der Waals surface area contributed by atoms with Gasteiger partial charge in [-0.15, -0.1) is 0 Å². The van der Waals surface area contributed by atoms with Gasteiger partial charge in [-0.1, -0.05) is 13.3 Å². The van der Waals surface area contributed by atoms with Gasteiger partial charge in [-0.25, -0.2) is 0 Å². The summed E-state index contributed by atoms with van der Waals surface area (Å²) in [5.74, 6) is -1.89. The first kappa shape index (κ1) is 24.4. The second-order valence-corrected chi connectivity index (χ2v) is 9.21. The maximum Gasteiger partial charge on any atom is 0.517 e. The molecule has 2 saturated heterocycles. The highest BCUT2D eigenvalue weighted by molar-refractivity contribution is 6.67. The third-order valence-corrected chi connectivity index (χ3v) is 8.11. The topological polar surface area (TPSA) is 114 Å². The maximum absolute atomic E-state index is 12.3. The average molecular weight is 419 g/mol. The van der Waals surface area contributed by atoms with Gasteiger partial charge in [-0.2, -0.15) is 0 Å². The first-order valence-electron chi connectivity index (χ1n) is 9.62. The van der Waals surface area contributed by atoms with Crippen LogP contribution < -0.4 is 0 Å². The van der Waals surface area contributed by atoms with Gasteiger partial charge in [0.1, 0.15) is 5.54 Å². The highest BCUT2D eigenvalue weighted by Crippen LogP contribution is 2.50. The number of hydrogen-bond acceptors (Lipinski definition) is 9. The molecule has 0 spiro atoms. The van der Waals surface area contributed by atoms with Gasteiger partial charge in [0.05, 0.1) is 18.3 Å². The molecular weight excluding hydrogens is 388 g/mol. The lowest BCUT2D eigenvalue weighted by Gasteiger charge is -2.37. The molecule has 0 saturated carbocycles. The van der Waals surface area contributed by atoms with E-state index < -0.39 is 43.6 Å². The molecule has 28 heavy (non-hydrogen) atoms. The number of ether oxygens (including phenoxy) is 2. The number of carbonyl (C=O) groups excluding carboxylic acids is 4. The molecule has 0 amide bonds. The van der Waals surface area contributed by atoms with E-state index in [1.165, 1.54) is 0 Å². The van der Waals surface area contributed by atoms with Crippen LogP contribution in [0.3, 0.4) is 0 Å². The lowest BCUT2D eigenvalue weighted by Crippen LogP contribution is -2.56. The molecule has 2 fully saturated rings. The van der Waals surface area contributed by atoms with E-state index in [2.05, 4.69) is 4.74 Å². The molecule has 0 radical (unpaired) electrons. The fraction of sp³-hybridized carbons (Fsp3) is 0.778. The van der Waals surface area contributed by atoms with E-state index in [-0.39, 0.29) is 12.8 Å². The number of cyclic esters (lactones) is 4. The summed E-state index contributed by atoms with van der Waals surface area (Å²) in [4.78, 5) is 44.5. The Morgan fingerprint density at radius 2 is 1.36 bits per heavy atom. The molecule has 0 aliphatic carbocycles. The predicted molar refractivity (Wildman–Crippen MR) is 98.8 cm³/mol. The molecular formula is C18H30O9Si. The van der Waals surface area contributed by atoms with Gasteiger partial charge in [0.15, 0.2) is 0 Å². The van der Waals surface area contributed by atoms with Crippen LogP contribution in [0.4, 0.5) is 0 Å². The summed E-state index contributed by atoms with van der Waals surface area (Å²) >= 11 is 0. The Hall–Kier alpha value is -1.62. The number of esters is 4. The summed E-state index contributed by atoms with van der Waals surface area (Å²) in [5, 5.41) is 0. The SMILES string of the molecule is CCCC1(C)C(=O)OC(=O)C1[Si](OCC)(OCC)OCC.O=C1CCC(=O)O1. The van der Waals surface area contributed by atoms with Crippen molar-refractivity contribution in [3.63, 3.8) is 0 Å². The standard InChI is InChI=1S/C14H26O6Si.C4H4O3/c1-6-10-14(5)11(12(15)20-13(14)16)21(17-7-2,18-8-3)19-9-4;5-3-1-2-4(6)7-3/h11H,6-10H2,1-5H3;1-2H2. The summed E-state index contributed by atoms with van der Waals surface area (Å²) in [7, 11) is -3.34. The Bertz CT molecular complexity index is 561. The Morgan fingerprint density at radius 3 is 1.68 bits per heavy atom. The zero-order valence-corrected chi connectivity index (χ0v) is 18.2. The van der Waals surface area contributed by atoms with Crippen molar-refractivity contribution in [2.75, 3.05) is 19.8 Å². The second kappa shape index (κ2) is 10.8. The minimum Gasteiger partial charge on any atom is -0.393 e. The van der Waals surface area contributed by atoms with Crippen molar-refractivity contribution in [2.24, 2.45) is 5.41 Å². The van der Waals surface area contributed by atoms with Crippen LogP contribution >= 0.6 is 0 Å². The molecule has 160 valence electrons. The molecule has 0 aromatic rings. The van der Waals surface area contributed by atoms with Gasteiger partial charge in [0.25, 0.3) is 0 Å². The highest BCUT2D eigenvalue weighted by Gasteiger charge is 2.68. The normalized spacial score (nSPS) is 24.7. The smallest absolute Gasteiger partial charge is 0.393 e. The van der Waals surface area contributed by atoms with Crippen LogP contribution in [0.1, 0.15) is 60.3 Å². The zero-order chi connectivity index (χ0) is 21.4. The first-order chi connectivity index (χ1) is 13.2. The fourth-order valence-electron chi connectivity index (χ4n) is 3.36. The Kier molecular flexibility index (Phi) is 9.41. The monoisotopic (exact) mass is 418 g/mol. The van der Waals surface area contributed by atoms with E-state index in [4.69, 9.17) is 18.0 Å². The van der Waals surface area contributed by atoms with Crippen molar-refractivity contribution in [1.29, 1.82) is 0 Å². The van der Waals surface area contributed by atoms with Crippen molar-refractivity contribution in [3.8, 4) is 0 Å². The van der Waals surface area contributed by atoms with Gasteiger partial charge >= 0.3 is 32.7 Å². The van der Waals surface area contributed by atoms with Crippen LogP contribution in [0.15, 0.2) is 0 Å². The lowest BCUT2D eigenvalue weighted by molar-refractivity contribution is -0.155. The van der Waals surface area contributed by atoms with Crippen LogP contribution in [0.2, 0.25) is 5.54 Å². The van der Waals surface area contributed by atoms with Crippen molar-refractivity contribution >= 4 is 32.7 Å². The van der Waals surface area contributed by atoms with Gasteiger partial charge in [-0.05, 0) is 34.1 Å². The third kappa shape index (κ3) is 5.46. The van der Waals surface area contributed by atoms with Gasteiger partial charge in [0.2, 0.25) is 0 Å². The molecule has 10 heteroatoms. The van der Waals surface area contributed by atoms with E-state index in [1.807, 2.05) is 27.7 Å². The third-order valence-electron chi connectivity index (χ3n) is 4.45. The van der Waals surface area contributed by atoms with Crippen LogP contribution in [0.25, 0.3) is 0 Å². The van der Waals surface area contributed by atoms with Gasteiger partial charge < -0.3 is 22.8 Å². The second-order valence-electron chi connectivity index (χ2n) is 6.56. The quantitative estimate of drug-likeness (QED) is 0.315. The number of carbonyl (C=O) groups is 4. The van der Waals surface area contributed by atoms with Crippen molar-refractivity contribution in [3.05, 3.63) is 0 Å². The van der Waals surface area contributed by atoms with Gasteiger partial charge in [-0.3, -0.25) is 19.2 Å². The number of hydrogen-bond donors (Lipinski definition) is 0. The summed E-state index contributed by atoms with van der Waals surface area (Å²) in [6.45, 7) is 10.2. The fourth-order valence-corrected chi connectivity index (χ4v) is 6.70. The zero-order valence-electron chi connectivity index (χ0n) is 17.2. The molecule has 0 N–H and O–H groups in total. The predicted octanol–water partition coefficient (Wildman–Crippen LogP) is 2.14. The molecule has 9 nitrogen and oxygen atoms in total. The molecule has 2 aliphatic heterocycles. The first-order valence-corrected chi connectivity index (χ1v) is 11.4. The molecule has 0 aromatic heterocycles. The van der Waals surface area contributed by atoms with Crippen LogP contribution in [-0.2, 0) is 41.9 Å². The van der Waals surface area contributed by atoms with Crippen LogP contribution in [-0.4, -0.2) is 52.5 Å². The van der Waals surface area contributed by atoms with Crippen molar-refractivity contribution < 1.29 is 41.9 Å². The van der Waals surface area contributed by atoms with Crippen LogP contribution in [0, 0.1) is 5.41 Å². The molecule has 2 unspecified atom stereocenters. The summed E-state index contributed by atoms with van der Waals surface area (Å²) in [6, 6.07) is 0. The molecule has 2 heterocycles. The highest BCUT2D eigenvalue weighted by atomic mass is 28.4. The number of rotatable bonds is 9. The summed E-state index contributed by atoms with van der Waals surface area (Å²) < 4.78 is 26.4. The minimum absolute atomic E-state index is 0.263. The molecule has 2 atom stereocenters. The Labute approximate surface area is 166 Å². The Morgan fingerprint density at radius 1 is 0.893 bits per heavy atom. The molecule has 0 bridgehead atoms. The van der Waals surface area contributed by atoms with Crippen molar-refractivity contribution in [1.82, 2.24) is 0 Å². The lowest BCUT2D eigenvalue weighted by atomic mass is 9.83. The van der Waals surface area contributed by atoms with E-state index in [9.17, 15) is 19.2 Å². The van der Waals surface area contributed by atoms with Crippen molar-refractivity contribution in [2.45, 2.75) is 65.8 Å². The molecule has 2 rings (SSSR count). The summed E-state index contributed by atoms with van der Waals surface area (Å²) in [6.07, 6.45) is 1.81. The summed E-state index contributed by atoms with van der Waals surface area (Å²) in [5.41, 5.74) is -1.74. The van der Waals surface area contributed by atoms with E-state index in [0.717, 1.165) is 6.42 Å². The van der Waals surface area contributed by atoms with E-state index >= 15 is 0 Å². The van der Waals surface area contributed by atoms with Crippen LogP contribution in [0.5, 0.6) is 0 Å². The molecule has 0 aromatic carbocycles. The van der Waals surface area contributed by atoms with E-state index in [0.29, 0.717) is 26.2 Å². The molecule has 2 aliphatic rings. The maximum atomic E-state index is 12.3. The van der Waals surface area contributed by atoms with Gasteiger partial charge in [0, 0.05) is 19.8 Å². The Balaban J connectivity index is 0.000000467.